The van der Waals surface area contributed by atoms with Gasteiger partial charge in [-0.05, 0) is 22.8 Å². The molecule has 1 heteroatoms. The third kappa shape index (κ3) is 1.73. The molecular weight excluding hydrogens is 196 g/mol. The van der Waals surface area contributed by atoms with Crippen molar-refractivity contribution in [2.45, 2.75) is 26.7 Å². The van der Waals surface area contributed by atoms with E-state index in [9.17, 15) is 4.79 Å². The maximum absolute atomic E-state index is 11.8. The van der Waals surface area contributed by atoms with Crippen molar-refractivity contribution in [2.75, 3.05) is 0 Å². The highest BCUT2D eigenvalue weighted by molar-refractivity contribution is 6.08. The molecule has 2 aromatic carbocycles. The van der Waals surface area contributed by atoms with Crippen molar-refractivity contribution in [1.82, 2.24) is 0 Å². The largest absolute Gasteiger partial charge is 0.294 e. The summed E-state index contributed by atoms with van der Waals surface area (Å²) >= 11 is 0. The quantitative estimate of drug-likeness (QED) is 0.703. The van der Waals surface area contributed by atoms with Gasteiger partial charge < -0.3 is 0 Å². The van der Waals surface area contributed by atoms with Crippen molar-refractivity contribution in [3.05, 3.63) is 47.5 Å². The second-order valence-corrected chi connectivity index (χ2v) is 3.95. The summed E-state index contributed by atoms with van der Waals surface area (Å²) in [5, 5.41) is 2.30. The molecule has 1 nitrogen and oxygen atoms in total. The first kappa shape index (κ1) is 10.9. The summed E-state index contributed by atoms with van der Waals surface area (Å²) in [7, 11) is 0. The van der Waals surface area contributed by atoms with Crippen LogP contribution in [0.1, 0.15) is 36.2 Å². The van der Waals surface area contributed by atoms with E-state index < -0.39 is 0 Å². The summed E-state index contributed by atoms with van der Waals surface area (Å²) in [5.41, 5.74) is 2.17. The van der Waals surface area contributed by atoms with Gasteiger partial charge in [-0.2, -0.15) is 0 Å². The summed E-state index contributed by atoms with van der Waals surface area (Å²) in [4.78, 5) is 11.8. The Bertz CT molecular complexity index is 526. The van der Waals surface area contributed by atoms with Crippen LogP contribution in [0.5, 0.6) is 0 Å². The van der Waals surface area contributed by atoms with Crippen LogP contribution < -0.4 is 0 Å². The number of benzene rings is 2. The predicted octanol–water partition coefficient (Wildman–Crippen LogP) is 3.99. The van der Waals surface area contributed by atoms with E-state index in [1.807, 2.05) is 31.2 Å². The highest BCUT2D eigenvalue weighted by Gasteiger charge is 2.09. The fraction of sp³-hybridized carbons (Fsp3) is 0.267. The molecule has 0 aliphatic carbocycles. The molecule has 0 unspecified atom stereocenters. The van der Waals surface area contributed by atoms with Gasteiger partial charge >= 0.3 is 0 Å². The van der Waals surface area contributed by atoms with Crippen molar-refractivity contribution in [1.29, 1.82) is 0 Å². The first-order chi connectivity index (χ1) is 7.77. The summed E-state index contributed by atoms with van der Waals surface area (Å²) in [5.74, 6) is 0.221. The smallest absolute Gasteiger partial charge is 0.163 e. The van der Waals surface area contributed by atoms with E-state index in [1.54, 1.807) is 0 Å². The lowest BCUT2D eigenvalue weighted by Gasteiger charge is -2.08. The van der Waals surface area contributed by atoms with Gasteiger partial charge in [-0.3, -0.25) is 4.79 Å². The van der Waals surface area contributed by atoms with Crippen LogP contribution >= 0.6 is 0 Å². The Kier molecular flexibility index (Phi) is 3.04. The van der Waals surface area contributed by atoms with E-state index in [2.05, 4.69) is 19.1 Å². The zero-order valence-electron chi connectivity index (χ0n) is 9.79. The van der Waals surface area contributed by atoms with Crippen LogP contribution in [0.25, 0.3) is 10.8 Å². The molecule has 0 atom stereocenters. The fourth-order valence-corrected chi connectivity index (χ4v) is 2.10. The zero-order valence-corrected chi connectivity index (χ0v) is 9.79. The molecule has 0 aliphatic heterocycles. The van der Waals surface area contributed by atoms with Crippen LogP contribution in [0.4, 0.5) is 0 Å². The monoisotopic (exact) mass is 212 g/mol. The molecule has 0 saturated heterocycles. The number of ketones is 1. The highest BCUT2D eigenvalue weighted by atomic mass is 16.1. The molecule has 16 heavy (non-hydrogen) atoms. The van der Waals surface area contributed by atoms with Gasteiger partial charge in [0.05, 0.1) is 0 Å². The van der Waals surface area contributed by atoms with Crippen molar-refractivity contribution in [3.63, 3.8) is 0 Å². The number of Topliss-reactive ketones (excluding diaryl/α,β-unsaturated/α-hetero) is 1. The SMILES string of the molecule is CCC(=O)c1ccc(CC)c2ccccc12. The highest BCUT2D eigenvalue weighted by Crippen LogP contribution is 2.24. The van der Waals surface area contributed by atoms with Crippen LogP contribution in [0, 0.1) is 0 Å². The zero-order chi connectivity index (χ0) is 11.5. The topological polar surface area (TPSA) is 17.1 Å². The molecule has 0 aromatic heterocycles. The van der Waals surface area contributed by atoms with E-state index in [4.69, 9.17) is 0 Å². The second-order valence-electron chi connectivity index (χ2n) is 3.95. The maximum atomic E-state index is 11.8. The van der Waals surface area contributed by atoms with Crippen LogP contribution in [0.2, 0.25) is 0 Å². The molecule has 2 aromatic rings. The molecule has 0 bridgehead atoms. The Hall–Kier alpha value is -1.63. The molecule has 0 fully saturated rings. The van der Waals surface area contributed by atoms with Crippen LogP contribution in [0.3, 0.4) is 0 Å². The van der Waals surface area contributed by atoms with Crippen molar-refractivity contribution < 1.29 is 4.79 Å². The van der Waals surface area contributed by atoms with Gasteiger partial charge in [0.25, 0.3) is 0 Å². The molecule has 82 valence electrons. The Labute approximate surface area is 96.1 Å². The summed E-state index contributed by atoms with van der Waals surface area (Å²) in [6.45, 7) is 4.05. The first-order valence-electron chi connectivity index (χ1n) is 5.81. The van der Waals surface area contributed by atoms with Crippen molar-refractivity contribution >= 4 is 16.6 Å². The normalized spacial score (nSPS) is 10.6. The van der Waals surface area contributed by atoms with Gasteiger partial charge in [0.15, 0.2) is 5.78 Å². The third-order valence-electron chi connectivity index (χ3n) is 3.02. The summed E-state index contributed by atoms with van der Waals surface area (Å²) in [6.07, 6.45) is 1.57. The van der Waals surface area contributed by atoms with Gasteiger partial charge in [0.1, 0.15) is 0 Å². The minimum Gasteiger partial charge on any atom is -0.294 e. The molecule has 0 N–H and O–H groups in total. The lowest BCUT2D eigenvalue weighted by molar-refractivity contribution is 0.0990. The molecule has 2 rings (SSSR count). The number of hydrogen-bond donors (Lipinski definition) is 0. The minimum atomic E-state index is 0.221. The number of aryl methyl sites for hydroxylation is 1. The van der Waals surface area contributed by atoms with E-state index in [0.29, 0.717) is 6.42 Å². The lowest BCUT2D eigenvalue weighted by atomic mass is 9.95. The van der Waals surface area contributed by atoms with E-state index >= 15 is 0 Å². The number of rotatable bonds is 3. The van der Waals surface area contributed by atoms with Gasteiger partial charge in [0, 0.05) is 12.0 Å². The minimum absolute atomic E-state index is 0.221. The number of fused-ring (bicyclic) bond motifs is 1. The molecule has 0 aliphatic rings. The Balaban J connectivity index is 2.74. The number of carbonyl (C=O) groups is 1. The summed E-state index contributed by atoms with van der Waals surface area (Å²) in [6, 6.07) is 12.2. The Morgan fingerprint density at radius 1 is 1.00 bits per heavy atom. The average molecular weight is 212 g/mol. The predicted molar refractivity (Wildman–Crippen MR) is 67.9 cm³/mol. The van der Waals surface area contributed by atoms with E-state index in [-0.39, 0.29) is 5.78 Å². The second kappa shape index (κ2) is 4.48. The van der Waals surface area contributed by atoms with Gasteiger partial charge in [-0.25, -0.2) is 0 Å². The van der Waals surface area contributed by atoms with E-state index in [0.717, 1.165) is 17.4 Å². The molecule has 0 radical (unpaired) electrons. The van der Waals surface area contributed by atoms with Gasteiger partial charge in [0.2, 0.25) is 0 Å². The molecule has 0 saturated carbocycles. The third-order valence-corrected chi connectivity index (χ3v) is 3.02. The molecule has 0 heterocycles. The fourth-order valence-electron chi connectivity index (χ4n) is 2.10. The molecule has 0 amide bonds. The Morgan fingerprint density at radius 2 is 1.69 bits per heavy atom. The van der Waals surface area contributed by atoms with Crippen LogP contribution in [-0.4, -0.2) is 5.78 Å². The Morgan fingerprint density at radius 3 is 2.31 bits per heavy atom. The van der Waals surface area contributed by atoms with Gasteiger partial charge in [-0.1, -0.05) is 50.2 Å². The van der Waals surface area contributed by atoms with Crippen LogP contribution in [0.15, 0.2) is 36.4 Å². The average Bonchev–Trinajstić information content (AvgIpc) is 2.36. The van der Waals surface area contributed by atoms with Crippen molar-refractivity contribution in [3.8, 4) is 0 Å². The standard InChI is InChI=1S/C15H16O/c1-3-11-9-10-14(15(16)4-2)13-8-6-5-7-12(11)13/h5-10H,3-4H2,1-2H3. The number of hydrogen-bond acceptors (Lipinski definition) is 1. The van der Waals surface area contributed by atoms with E-state index in [1.165, 1.54) is 10.9 Å². The van der Waals surface area contributed by atoms with Crippen LogP contribution in [-0.2, 0) is 6.42 Å². The lowest BCUT2D eigenvalue weighted by Crippen LogP contribution is -1.99. The summed E-state index contributed by atoms with van der Waals surface area (Å²) < 4.78 is 0. The first-order valence-corrected chi connectivity index (χ1v) is 5.81. The molecule has 0 spiro atoms. The maximum Gasteiger partial charge on any atom is 0.163 e. The van der Waals surface area contributed by atoms with Gasteiger partial charge in [-0.15, -0.1) is 0 Å². The van der Waals surface area contributed by atoms with Crippen molar-refractivity contribution in [2.24, 2.45) is 0 Å². The number of carbonyl (C=O) groups excluding carboxylic acids is 1. The molecular formula is C15H16O.